The van der Waals surface area contributed by atoms with Gasteiger partial charge >= 0.3 is 0 Å². The zero-order valence-corrected chi connectivity index (χ0v) is 14.8. The second-order valence-electron chi connectivity index (χ2n) is 5.11. The standard InChI is InChI=1S/C17H20N2O4S/c1-11(18-16(20)15-6-5-9-24-15)17(21)19(2)12-7-8-13(22-3)14(10-12)23-4/h5-11H,1-4H3,(H,18,20). The third-order valence-electron chi connectivity index (χ3n) is 3.55. The Hall–Kier alpha value is -2.54. The van der Waals surface area contributed by atoms with Crippen molar-refractivity contribution in [2.24, 2.45) is 0 Å². The molecule has 0 bridgehead atoms. The van der Waals surface area contributed by atoms with Crippen molar-refractivity contribution in [1.29, 1.82) is 0 Å². The minimum absolute atomic E-state index is 0.230. The lowest BCUT2D eigenvalue weighted by Gasteiger charge is -2.23. The van der Waals surface area contributed by atoms with Crippen molar-refractivity contribution in [3.05, 3.63) is 40.6 Å². The number of methoxy groups -OCH3 is 2. The molecule has 1 N–H and O–H groups in total. The van der Waals surface area contributed by atoms with E-state index in [0.717, 1.165) is 0 Å². The molecule has 1 unspecified atom stereocenters. The molecule has 0 saturated carbocycles. The second kappa shape index (κ2) is 7.83. The minimum Gasteiger partial charge on any atom is -0.493 e. The molecule has 6 nitrogen and oxygen atoms in total. The first-order valence-electron chi connectivity index (χ1n) is 7.32. The molecule has 0 fully saturated rings. The Kier molecular flexibility index (Phi) is 5.81. The van der Waals surface area contributed by atoms with Crippen LogP contribution in [0.15, 0.2) is 35.7 Å². The Morgan fingerprint density at radius 3 is 2.46 bits per heavy atom. The van der Waals surface area contributed by atoms with E-state index in [0.29, 0.717) is 22.1 Å². The van der Waals surface area contributed by atoms with E-state index in [1.807, 2.05) is 5.38 Å². The molecule has 128 valence electrons. The zero-order chi connectivity index (χ0) is 17.7. The van der Waals surface area contributed by atoms with Crippen LogP contribution in [0.25, 0.3) is 0 Å². The normalized spacial score (nSPS) is 11.5. The Balaban J connectivity index is 2.09. The van der Waals surface area contributed by atoms with Gasteiger partial charge in [-0.3, -0.25) is 9.59 Å². The molecule has 7 heteroatoms. The van der Waals surface area contributed by atoms with Crippen molar-refractivity contribution < 1.29 is 19.1 Å². The summed E-state index contributed by atoms with van der Waals surface area (Å²) in [5, 5.41) is 4.52. The van der Waals surface area contributed by atoms with Gasteiger partial charge in [0.05, 0.1) is 19.1 Å². The molecule has 2 amide bonds. The lowest BCUT2D eigenvalue weighted by atomic mass is 10.2. The highest BCUT2D eigenvalue weighted by Gasteiger charge is 2.22. The number of nitrogens with one attached hydrogen (secondary N) is 1. The van der Waals surface area contributed by atoms with Gasteiger partial charge in [0.1, 0.15) is 6.04 Å². The van der Waals surface area contributed by atoms with E-state index in [2.05, 4.69) is 5.32 Å². The SMILES string of the molecule is COc1ccc(N(C)C(=O)C(C)NC(=O)c2cccs2)cc1OC. The lowest BCUT2D eigenvalue weighted by Crippen LogP contribution is -2.45. The summed E-state index contributed by atoms with van der Waals surface area (Å²) in [6.45, 7) is 1.66. The molecule has 0 saturated heterocycles. The first-order valence-corrected chi connectivity index (χ1v) is 8.19. The molecule has 1 aromatic heterocycles. The van der Waals surface area contributed by atoms with Crippen LogP contribution in [-0.4, -0.2) is 39.1 Å². The molecule has 0 radical (unpaired) electrons. The number of ether oxygens (including phenoxy) is 2. The number of amides is 2. The summed E-state index contributed by atoms with van der Waals surface area (Å²) in [7, 11) is 4.74. The first-order chi connectivity index (χ1) is 11.5. The molecule has 0 aliphatic rings. The number of hydrogen-bond donors (Lipinski definition) is 1. The van der Waals surface area contributed by atoms with Crippen LogP contribution in [0.3, 0.4) is 0 Å². The maximum absolute atomic E-state index is 12.5. The predicted octanol–water partition coefficient (Wildman–Crippen LogP) is 2.55. The van der Waals surface area contributed by atoms with E-state index in [1.54, 1.807) is 51.4 Å². The summed E-state index contributed by atoms with van der Waals surface area (Å²) in [5.41, 5.74) is 0.648. The third kappa shape index (κ3) is 3.86. The van der Waals surface area contributed by atoms with Crippen LogP contribution in [0.1, 0.15) is 16.6 Å². The highest BCUT2D eigenvalue weighted by molar-refractivity contribution is 7.12. The van der Waals surface area contributed by atoms with Crippen LogP contribution >= 0.6 is 11.3 Å². The Morgan fingerprint density at radius 2 is 1.88 bits per heavy atom. The number of likely N-dealkylation sites (N-methyl/N-ethyl adjacent to an activating group) is 1. The van der Waals surface area contributed by atoms with Gasteiger partial charge in [-0.25, -0.2) is 0 Å². The molecule has 1 aromatic carbocycles. The molecule has 0 aliphatic carbocycles. The van der Waals surface area contributed by atoms with Crippen molar-refractivity contribution >= 4 is 28.8 Å². The van der Waals surface area contributed by atoms with Gasteiger partial charge in [-0.2, -0.15) is 0 Å². The van der Waals surface area contributed by atoms with Gasteiger partial charge in [-0.15, -0.1) is 11.3 Å². The fraction of sp³-hybridized carbons (Fsp3) is 0.294. The number of benzene rings is 1. The lowest BCUT2D eigenvalue weighted by molar-refractivity contribution is -0.119. The van der Waals surface area contributed by atoms with Gasteiger partial charge in [0.2, 0.25) is 5.91 Å². The van der Waals surface area contributed by atoms with Gasteiger partial charge in [0.25, 0.3) is 5.91 Å². The molecule has 1 atom stereocenters. The number of anilines is 1. The van der Waals surface area contributed by atoms with Crippen molar-refractivity contribution in [3.8, 4) is 11.5 Å². The Morgan fingerprint density at radius 1 is 1.17 bits per heavy atom. The van der Waals surface area contributed by atoms with Gasteiger partial charge < -0.3 is 19.7 Å². The molecular weight excluding hydrogens is 328 g/mol. The summed E-state index contributed by atoms with van der Waals surface area (Å²) in [6.07, 6.45) is 0. The average molecular weight is 348 g/mol. The smallest absolute Gasteiger partial charge is 0.261 e. The van der Waals surface area contributed by atoms with Crippen molar-refractivity contribution in [2.45, 2.75) is 13.0 Å². The molecule has 0 spiro atoms. The van der Waals surface area contributed by atoms with Gasteiger partial charge in [-0.1, -0.05) is 6.07 Å². The van der Waals surface area contributed by atoms with E-state index in [4.69, 9.17) is 9.47 Å². The van der Waals surface area contributed by atoms with Crippen LogP contribution < -0.4 is 19.7 Å². The van der Waals surface area contributed by atoms with Crippen molar-refractivity contribution in [2.75, 3.05) is 26.2 Å². The van der Waals surface area contributed by atoms with Crippen LogP contribution in [0.4, 0.5) is 5.69 Å². The summed E-state index contributed by atoms with van der Waals surface area (Å²) in [4.78, 5) is 26.6. The van der Waals surface area contributed by atoms with E-state index in [9.17, 15) is 9.59 Å². The first kappa shape index (κ1) is 17.8. The van der Waals surface area contributed by atoms with Crippen LogP contribution in [0, 0.1) is 0 Å². The number of hydrogen-bond acceptors (Lipinski definition) is 5. The topological polar surface area (TPSA) is 67.9 Å². The van der Waals surface area contributed by atoms with E-state index < -0.39 is 6.04 Å². The molecule has 0 aliphatic heterocycles. The maximum Gasteiger partial charge on any atom is 0.261 e. The fourth-order valence-corrected chi connectivity index (χ4v) is 2.82. The Bertz CT molecular complexity index is 715. The van der Waals surface area contributed by atoms with E-state index >= 15 is 0 Å². The highest BCUT2D eigenvalue weighted by atomic mass is 32.1. The third-order valence-corrected chi connectivity index (χ3v) is 4.42. The van der Waals surface area contributed by atoms with Crippen molar-refractivity contribution in [1.82, 2.24) is 5.32 Å². The van der Waals surface area contributed by atoms with Crippen LogP contribution in [0.5, 0.6) is 11.5 Å². The molecule has 24 heavy (non-hydrogen) atoms. The minimum atomic E-state index is -0.655. The van der Waals surface area contributed by atoms with E-state index in [1.165, 1.54) is 23.3 Å². The summed E-state index contributed by atoms with van der Waals surface area (Å²) in [6, 6.07) is 8.05. The summed E-state index contributed by atoms with van der Waals surface area (Å²) in [5.74, 6) is 0.629. The van der Waals surface area contributed by atoms with Crippen molar-refractivity contribution in [3.63, 3.8) is 0 Å². The van der Waals surface area contributed by atoms with Crippen LogP contribution in [-0.2, 0) is 4.79 Å². The molecule has 1 heterocycles. The monoisotopic (exact) mass is 348 g/mol. The molecular formula is C17H20N2O4S. The van der Waals surface area contributed by atoms with Crippen LogP contribution in [0.2, 0.25) is 0 Å². The highest BCUT2D eigenvalue weighted by Crippen LogP contribution is 2.31. The average Bonchev–Trinajstić information content (AvgIpc) is 3.14. The van der Waals surface area contributed by atoms with Gasteiger partial charge in [-0.05, 0) is 30.5 Å². The fourth-order valence-electron chi connectivity index (χ4n) is 2.19. The molecule has 2 aromatic rings. The zero-order valence-electron chi connectivity index (χ0n) is 14.0. The largest absolute Gasteiger partial charge is 0.493 e. The number of carbonyl (C=O) groups excluding carboxylic acids is 2. The number of rotatable bonds is 6. The summed E-state index contributed by atoms with van der Waals surface area (Å²) < 4.78 is 10.4. The number of thiophene rings is 1. The predicted molar refractivity (Wildman–Crippen MR) is 94.2 cm³/mol. The second-order valence-corrected chi connectivity index (χ2v) is 6.06. The van der Waals surface area contributed by atoms with Gasteiger partial charge in [0.15, 0.2) is 11.5 Å². The number of nitrogens with zero attached hydrogens (tertiary/aromatic N) is 1. The van der Waals surface area contributed by atoms with Gasteiger partial charge in [0, 0.05) is 18.8 Å². The van der Waals surface area contributed by atoms with E-state index in [-0.39, 0.29) is 11.8 Å². The Labute approximate surface area is 145 Å². The quantitative estimate of drug-likeness (QED) is 0.871. The summed E-state index contributed by atoms with van der Waals surface area (Å²) >= 11 is 1.33. The molecule has 2 rings (SSSR count). The maximum atomic E-state index is 12.5. The number of carbonyl (C=O) groups is 2.